The van der Waals surface area contributed by atoms with Gasteiger partial charge >= 0.3 is 0 Å². The Balaban J connectivity index is 1.41. The van der Waals surface area contributed by atoms with Crippen molar-refractivity contribution >= 4 is 38.1 Å². The van der Waals surface area contributed by atoms with Crippen LogP contribution in [0.25, 0.3) is 83.3 Å². The third kappa shape index (κ3) is 4.02. The predicted octanol–water partition coefficient (Wildman–Crippen LogP) is 9.65. The summed E-state index contributed by atoms with van der Waals surface area (Å²) in [5.41, 5.74) is 9.77. The molecule has 0 aliphatic carbocycles. The van der Waals surface area contributed by atoms with Gasteiger partial charge in [0.25, 0.3) is 0 Å². The van der Waals surface area contributed by atoms with Crippen LogP contribution in [0.1, 0.15) is 0 Å². The topological polar surface area (TPSA) is 56.0 Å². The zero-order valence-corrected chi connectivity index (χ0v) is 24.2. The first-order valence-corrected chi connectivity index (χ1v) is 15.0. The molecule has 0 amide bonds. The molecule has 0 aliphatic heterocycles. The number of hydrogen-bond donors (Lipinski definition) is 0. The molecule has 0 saturated heterocycles. The van der Waals surface area contributed by atoms with E-state index in [-0.39, 0.29) is 0 Å². The zero-order valence-electron chi connectivity index (χ0n) is 24.2. The van der Waals surface area contributed by atoms with E-state index in [2.05, 4.69) is 106 Å². The first kappa shape index (κ1) is 25.3. The second kappa shape index (κ2) is 10.2. The fourth-order valence-corrected chi connectivity index (χ4v) is 6.60. The van der Waals surface area contributed by atoms with Crippen molar-refractivity contribution in [2.45, 2.75) is 0 Å². The normalized spacial score (nSPS) is 11.6. The van der Waals surface area contributed by atoms with Gasteiger partial charge in [-0.15, -0.1) is 0 Å². The third-order valence-corrected chi connectivity index (χ3v) is 8.55. The molecule has 5 heteroatoms. The predicted molar refractivity (Wildman–Crippen MR) is 183 cm³/mol. The van der Waals surface area contributed by atoms with E-state index in [4.69, 9.17) is 15.0 Å². The molecule has 0 N–H and O–H groups in total. The molecule has 4 aromatic carbocycles. The summed E-state index contributed by atoms with van der Waals surface area (Å²) in [7, 11) is 0. The van der Waals surface area contributed by atoms with Gasteiger partial charge in [-0.25, -0.2) is 4.98 Å². The fourth-order valence-electron chi connectivity index (χ4n) is 6.60. The molecule has 0 bridgehead atoms. The molecule has 9 rings (SSSR count). The number of pyridine rings is 4. The SMILES string of the molecule is c1ccc(-c2ccc(-c3c4ccccc4c(-c4c(-c5ccccn5)nc5ccc6ccccc6n45)c4ccccc34)cn2)nc1. The van der Waals surface area contributed by atoms with Crippen LogP contribution in [0.5, 0.6) is 0 Å². The second-order valence-electron chi connectivity index (χ2n) is 11.1. The number of imidazole rings is 1. The van der Waals surface area contributed by atoms with Crippen LogP contribution in [0.2, 0.25) is 0 Å². The lowest BCUT2D eigenvalue weighted by molar-refractivity contribution is 1.25. The molecule has 0 fully saturated rings. The van der Waals surface area contributed by atoms with Gasteiger partial charge in [-0.05, 0) is 81.0 Å². The highest BCUT2D eigenvalue weighted by Crippen LogP contribution is 2.46. The Labute approximate surface area is 259 Å². The number of nitrogens with zero attached hydrogens (tertiary/aromatic N) is 5. The van der Waals surface area contributed by atoms with Gasteiger partial charge in [0.1, 0.15) is 11.3 Å². The van der Waals surface area contributed by atoms with E-state index in [1.54, 1.807) is 6.20 Å². The molecule has 5 aromatic heterocycles. The van der Waals surface area contributed by atoms with Crippen LogP contribution in [0.3, 0.4) is 0 Å². The summed E-state index contributed by atoms with van der Waals surface area (Å²) in [5.74, 6) is 0. The lowest BCUT2D eigenvalue weighted by Crippen LogP contribution is -1.97. The molecular formula is C40H25N5. The van der Waals surface area contributed by atoms with Crippen LogP contribution >= 0.6 is 0 Å². The minimum absolute atomic E-state index is 0.840. The zero-order chi connectivity index (χ0) is 29.7. The number of fused-ring (bicyclic) bond motifs is 5. The molecular weight excluding hydrogens is 550 g/mol. The maximum absolute atomic E-state index is 5.23. The summed E-state index contributed by atoms with van der Waals surface area (Å²) in [6, 6.07) is 46.2. The van der Waals surface area contributed by atoms with E-state index in [1.165, 1.54) is 0 Å². The van der Waals surface area contributed by atoms with Crippen molar-refractivity contribution < 1.29 is 0 Å². The molecule has 0 unspecified atom stereocenters. The highest BCUT2D eigenvalue weighted by molar-refractivity contribution is 6.22. The van der Waals surface area contributed by atoms with Gasteiger partial charge in [0, 0.05) is 29.7 Å². The van der Waals surface area contributed by atoms with E-state index in [1.807, 2.05) is 48.8 Å². The van der Waals surface area contributed by atoms with Gasteiger partial charge in [-0.2, -0.15) is 0 Å². The van der Waals surface area contributed by atoms with Gasteiger partial charge in [0.2, 0.25) is 0 Å². The number of rotatable bonds is 4. The fraction of sp³-hybridized carbons (Fsp3) is 0. The standard InChI is InChI=1S/C40H25N5/c1-6-18-35-26(11-1)20-22-36-44-39(34-17-8-10-24-42-34)40(45(35)36)38-30-14-4-2-12-28(30)37(29-13-3-5-15-31(29)38)27-19-21-33(43-25-27)32-16-7-9-23-41-32/h1-25H. The van der Waals surface area contributed by atoms with Crippen molar-refractivity contribution in [2.75, 3.05) is 0 Å². The van der Waals surface area contributed by atoms with Gasteiger partial charge in [-0.3, -0.25) is 19.4 Å². The van der Waals surface area contributed by atoms with Gasteiger partial charge < -0.3 is 0 Å². The number of para-hydroxylation sites is 1. The Hall–Kier alpha value is -6.20. The van der Waals surface area contributed by atoms with Crippen LogP contribution in [0, 0.1) is 0 Å². The number of benzene rings is 4. The van der Waals surface area contributed by atoms with E-state index < -0.39 is 0 Å². The van der Waals surface area contributed by atoms with Crippen LogP contribution < -0.4 is 0 Å². The van der Waals surface area contributed by atoms with Gasteiger partial charge in [0.15, 0.2) is 0 Å². The first-order chi connectivity index (χ1) is 22.3. The average Bonchev–Trinajstić information content (AvgIpc) is 3.51. The van der Waals surface area contributed by atoms with Crippen molar-refractivity contribution in [3.05, 3.63) is 152 Å². The van der Waals surface area contributed by atoms with Crippen molar-refractivity contribution in [1.29, 1.82) is 0 Å². The van der Waals surface area contributed by atoms with Crippen molar-refractivity contribution in [3.63, 3.8) is 0 Å². The third-order valence-electron chi connectivity index (χ3n) is 8.55. The molecule has 5 heterocycles. The van der Waals surface area contributed by atoms with Crippen LogP contribution in [-0.2, 0) is 0 Å². The maximum atomic E-state index is 5.23. The summed E-state index contributed by atoms with van der Waals surface area (Å²) in [6.45, 7) is 0. The molecule has 0 saturated carbocycles. The summed E-state index contributed by atoms with van der Waals surface area (Å²) >= 11 is 0. The van der Waals surface area contributed by atoms with E-state index >= 15 is 0 Å². The Morgan fingerprint density at radius 3 is 1.69 bits per heavy atom. The van der Waals surface area contributed by atoms with Crippen molar-refractivity contribution in [3.8, 4) is 45.2 Å². The molecule has 210 valence electrons. The molecule has 0 atom stereocenters. The van der Waals surface area contributed by atoms with Gasteiger partial charge in [-0.1, -0.05) is 84.9 Å². The molecule has 9 aromatic rings. The maximum Gasteiger partial charge on any atom is 0.138 e. The smallest absolute Gasteiger partial charge is 0.138 e. The second-order valence-corrected chi connectivity index (χ2v) is 11.1. The van der Waals surface area contributed by atoms with Crippen molar-refractivity contribution in [1.82, 2.24) is 24.3 Å². The Bertz CT molecular complexity index is 2460. The molecule has 45 heavy (non-hydrogen) atoms. The van der Waals surface area contributed by atoms with E-state index in [0.29, 0.717) is 0 Å². The summed E-state index contributed by atoms with van der Waals surface area (Å²) in [4.78, 5) is 19.4. The van der Waals surface area contributed by atoms with E-state index in [0.717, 1.165) is 83.3 Å². The van der Waals surface area contributed by atoms with Gasteiger partial charge in [0.05, 0.1) is 28.3 Å². The lowest BCUT2D eigenvalue weighted by Gasteiger charge is -2.18. The Kier molecular flexibility index (Phi) is 5.74. The highest BCUT2D eigenvalue weighted by atomic mass is 15.0. The minimum Gasteiger partial charge on any atom is -0.291 e. The summed E-state index contributed by atoms with van der Waals surface area (Å²) < 4.78 is 2.30. The highest BCUT2D eigenvalue weighted by Gasteiger charge is 2.24. The monoisotopic (exact) mass is 575 g/mol. The minimum atomic E-state index is 0.840. The molecule has 0 radical (unpaired) electrons. The Morgan fingerprint density at radius 1 is 0.444 bits per heavy atom. The number of hydrogen-bond acceptors (Lipinski definition) is 4. The van der Waals surface area contributed by atoms with Crippen LogP contribution in [0.15, 0.2) is 152 Å². The molecule has 0 spiro atoms. The molecule has 5 nitrogen and oxygen atoms in total. The van der Waals surface area contributed by atoms with Crippen LogP contribution in [0.4, 0.5) is 0 Å². The molecule has 0 aliphatic rings. The summed E-state index contributed by atoms with van der Waals surface area (Å²) in [6.07, 6.45) is 5.61. The first-order valence-electron chi connectivity index (χ1n) is 15.0. The van der Waals surface area contributed by atoms with Crippen molar-refractivity contribution in [2.24, 2.45) is 0 Å². The quantitative estimate of drug-likeness (QED) is 0.196. The largest absolute Gasteiger partial charge is 0.291 e. The van der Waals surface area contributed by atoms with Crippen LogP contribution in [-0.4, -0.2) is 24.3 Å². The average molecular weight is 576 g/mol. The van der Waals surface area contributed by atoms with E-state index in [9.17, 15) is 0 Å². The Morgan fingerprint density at radius 2 is 1.04 bits per heavy atom. The lowest BCUT2D eigenvalue weighted by atomic mass is 9.87. The summed E-state index contributed by atoms with van der Waals surface area (Å²) in [5, 5.41) is 5.75. The number of aromatic nitrogens is 5.